The molecule has 1 aromatic rings. The number of phenolic OH excluding ortho intramolecular Hbond substituents is 2. The summed E-state index contributed by atoms with van der Waals surface area (Å²) in [6.07, 6.45) is 1.10. The van der Waals surface area contributed by atoms with Gasteiger partial charge in [0.05, 0.1) is 6.21 Å². The summed E-state index contributed by atoms with van der Waals surface area (Å²) in [5.74, 6) is -0.0598. The van der Waals surface area contributed by atoms with Crippen LogP contribution >= 0.6 is 0 Å². The zero-order valence-corrected chi connectivity index (χ0v) is 6.52. The van der Waals surface area contributed by atoms with Crippen LogP contribution in [0.1, 0.15) is 11.1 Å². The molecule has 0 spiro atoms. The Bertz CT molecular complexity index is 320. The first-order valence-corrected chi connectivity index (χ1v) is 3.35. The number of phenols is 2. The van der Waals surface area contributed by atoms with Gasteiger partial charge in [0.1, 0.15) is 11.5 Å². The van der Waals surface area contributed by atoms with Crippen molar-refractivity contribution in [2.45, 2.75) is 6.92 Å². The van der Waals surface area contributed by atoms with Crippen LogP contribution in [-0.4, -0.2) is 21.6 Å². The van der Waals surface area contributed by atoms with Gasteiger partial charge in [-0.2, -0.15) is 0 Å². The molecule has 4 heteroatoms. The number of rotatable bonds is 1. The number of hydrogen-bond donors (Lipinski definition) is 3. The van der Waals surface area contributed by atoms with Crippen LogP contribution < -0.4 is 0 Å². The summed E-state index contributed by atoms with van der Waals surface area (Å²) in [6.45, 7) is 1.57. The molecule has 3 N–H and O–H groups in total. The summed E-state index contributed by atoms with van der Waals surface area (Å²) >= 11 is 0. The Morgan fingerprint density at radius 3 is 2.58 bits per heavy atom. The smallest absolute Gasteiger partial charge is 0.131 e. The summed E-state index contributed by atoms with van der Waals surface area (Å²) in [4.78, 5) is 0. The summed E-state index contributed by atoms with van der Waals surface area (Å²) in [6, 6.07) is 2.88. The first-order chi connectivity index (χ1) is 5.66. The SMILES string of the molecule is Cc1c(O)ccc(/C=N\O)c1O. The lowest BCUT2D eigenvalue weighted by Gasteiger charge is -2.03. The van der Waals surface area contributed by atoms with Crippen molar-refractivity contribution in [2.75, 3.05) is 0 Å². The molecule has 0 aliphatic rings. The molecule has 1 aromatic carbocycles. The van der Waals surface area contributed by atoms with E-state index in [0.717, 1.165) is 6.21 Å². The largest absolute Gasteiger partial charge is 0.508 e. The molecule has 0 unspecified atom stereocenters. The van der Waals surface area contributed by atoms with Gasteiger partial charge in [-0.3, -0.25) is 0 Å². The lowest BCUT2D eigenvalue weighted by Crippen LogP contribution is -1.85. The minimum atomic E-state index is -0.0761. The van der Waals surface area contributed by atoms with Gasteiger partial charge in [-0.25, -0.2) is 0 Å². The predicted molar refractivity (Wildman–Crippen MR) is 43.9 cm³/mol. The highest BCUT2D eigenvalue weighted by molar-refractivity contribution is 5.84. The molecule has 0 aromatic heterocycles. The minimum absolute atomic E-state index is 0.0163. The standard InChI is InChI=1S/C8H9NO3/c1-5-7(10)3-2-6(4-9-12)8(5)11/h2-4,10-12H,1H3/b9-4-. The van der Waals surface area contributed by atoms with Crippen molar-refractivity contribution in [1.82, 2.24) is 0 Å². The van der Waals surface area contributed by atoms with E-state index in [9.17, 15) is 5.11 Å². The maximum absolute atomic E-state index is 9.35. The second-order valence-electron chi connectivity index (χ2n) is 2.39. The first-order valence-electron chi connectivity index (χ1n) is 3.35. The highest BCUT2D eigenvalue weighted by Gasteiger charge is 2.05. The van der Waals surface area contributed by atoms with Crippen LogP contribution in [0.5, 0.6) is 11.5 Å². The van der Waals surface area contributed by atoms with E-state index >= 15 is 0 Å². The van der Waals surface area contributed by atoms with E-state index in [0.29, 0.717) is 11.1 Å². The quantitative estimate of drug-likeness (QED) is 0.334. The molecule has 0 aliphatic carbocycles. The van der Waals surface area contributed by atoms with Gasteiger partial charge in [-0.1, -0.05) is 5.16 Å². The van der Waals surface area contributed by atoms with Gasteiger partial charge in [0.2, 0.25) is 0 Å². The molecule has 4 nitrogen and oxygen atoms in total. The first kappa shape index (κ1) is 8.39. The molecule has 1 rings (SSSR count). The fourth-order valence-electron chi connectivity index (χ4n) is 0.877. The zero-order valence-electron chi connectivity index (χ0n) is 6.52. The van der Waals surface area contributed by atoms with Crippen molar-refractivity contribution in [3.63, 3.8) is 0 Å². The summed E-state index contributed by atoms with van der Waals surface area (Å²) in [5.41, 5.74) is 0.736. The number of benzene rings is 1. The Morgan fingerprint density at radius 1 is 1.33 bits per heavy atom. The van der Waals surface area contributed by atoms with Crippen molar-refractivity contribution in [1.29, 1.82) is 0 Å². The zero-order chi connectivity index (χ0) is 9.14. The number of aromatic hydroxyl groups is 2. The van der Waals surface area contributed by atoms with Crippen LogP contribution in [-0.2, 0) is 0 Å². The van der Waals surface area contributed by atoms with Crippen LogP contribution in [0.3, 0.4) is 0 Å². The van der Waals surface area contributed by atoms with Crippen molar-refractivity contribution in [3.8, 4) is 11.5 Å². The van der Waals surface area contributed by atoms with E-state index in [4.69, 9.17) is 10.3 Å². The molecular formula is C8H9NO3. The van der Waals surface area contributed by atoms with Gasteiger partial charge in [0, 0.05) is 11.1 Å². The van der Waals surface area contributed by atoms with Crippen LogP contribution in [0.2, 0.25) is 0 Å². The van der Waals surface area contributed by atoms with Crippen LogP contribution in [0.15, 0.2) is 17.3 Å². The maximum Gasteiger partial charge on any atom is 0.131 e. The van der Waals surface area contributed by atoms with E-state index in [1.807, 2.05) is 0 Å². The molecular weight excluding hydrogens is 158 g/mol. The second-order valence-corrected chi connectivity index (χ2v) is 2.39. The van der Waals surface area contributed by atoms with Gasteiger partial charge in [0.15, 0.2) is 0 Å². The third-order valence-electron chi connectivity index (χ3n) is 1.63. The Kier molecular flexibility index (Phi) is 2.19. The Hall–Kier alpha value is -1.71. The van der Waals surface area contributed by atoms with Crippen LogP contribution in [0.25, 0.3) is 0 Å². The van der Waals surface area contributed by atoms with Crippen molar-refractivity contribution in [2.24, 2.45) is 5.16 Å². The fourth-order valence-corrected chi connectivity index (χ4v) is 0.877. The average Bonchev–Trinajstić information content (AvgIpc) is 2.07. The molecule has 0 fully saturated rings. The topological polar surface area (TPSA) is 73.1 Å². The molecule has 64 valence electrons. The summed E-state index contributed by atoms with van der Waals surface area (Å²) in [7, 11) is 0. The van der Waals surface area contributed by atoms with Gasteiger partial charge in [0.25, 0.3) is 0 Å². The predicted octanol–water partition coefficient (Wildman–Crippen LogP) is 1.21. The van der Waals surface area contributed by atoms with E-state index in [2.05, 4.69) is 5.16 Å². The number of hydrogen-bond acceptors (Lipinski definition) is 4. The second kappa shape index (κ2) is 3.13. The molecule has 0 heterocycles. The van der Waals surface area contributed by atoms with Crippen LogP contribution in [0.4, 0.5) is 0 Å². The van der Waals surface area contributed by atoms with Gasteiger partial charge >= 0.3 is 0 Å². The molecule has 0 aliphatic heterocycles. The molecule has 12 heavy (non-hydrogen) atoms. The summed E-state index contributed by atoms with van der Waals surface area (Å²) in [5, 5.41) is 29.4. The molecule has 0 amide bonds. The summed E-state index contributed by atoms with van der Waals surface area (Å²) < 4.78 is 0. The van der Waals surface area contributed by atoms with E-state index in [1.54, 1.807) is 6.92 Å². The Labute approximate surface area is 69.4 Å². The van der Waals surface area contributed by atoms with Gasteiger partial charge < -0.3 is 15.4 Å². The third-order valence-corrected chi connectivity index (χ3v) is 1.63. The van der Waals surface area contributed by atoms with Gasteiger partial charge in [-0.15, -0.1) is 0 Å². The Morgan fingerprint density at radius 2 is 2.00 bits per heavy atom. The maximum atomic E-state index is 9.35. The highest BCUT2D eigenvalue weighted by atomic mass is 16.4. The van der Waals surface area contributed by atoms with Crippen LogP contribution in [0, 0.1) is 6.92 Å². The lowest BCUT2D eigenvalue weighted by atomic mass is 10.1. The monoisotopic (exact) mass is 167 g/mol. The minimum Gasteiger partial charge on any atom is -0.508 e. The molecule has 0 radical (unpaired) electrons. The third kappa shape index (κ3) is 1.32. The fraction of sp³-hybridized carbons (Fsp3) is 0.125. The van der Waals surface area contributed by atoms with Gasteiger partial charge in [-0.05, 0) is 19.1 Å². The highest BCUT2D eigenvalue weighted by Crippen LogP contribution is 2.28. The Balaban J connectivity index is 3.26. The van der Waals surface area contributed by atoms with E-state index in [1.165, 1.54) is 12.1 Å². The van der Waals surface area contributed by atoms with E-state index < -0.39 is 0 Å². The van der Waals surface area contributed by atoms with E-state index in [-0.39, 0.29) is 11.5 Å². The molecule has 0 saturated heterocycles. The van der Waals surface area contributed by atoms with Crippen molar-refractivity contribution >= 4 is 6.21 Å². The number of nitrogens with zero attached hydrogens (tertiary/aromatic N) is 1. The lowest BCUT2D eigenvalue weighted by molar-refractivity contribution is 0.321. The number of oxime groups is 1. The molecule has 0 saturated carbocycles. The van der Waals surface area contributed by atoms with Crippen molar-refractivity contribution < 1.29 is 15.4 Å². The van der Waals surface area contributed by atoms with Crippen molar-refractivity contribution in [3.05, 3.63) is 23.3 Å². The molecule has 0 atom stereocenters. The molecule has 0 bridgehead atoms. The average molecular weight is 167 g/mol. The normalized spacial score (nSPS) is 10.8.